The zero-order valence-electron chi connectivity index (χ0n) is 13.7. The van der Waals surface area contributed by atoms with Gasteiger partial charge in [-0.1, -0.05) is 18.2 Å². The molecule has 0 amide bonds. The number of nitrogens with zero attached hydrogens (tertiary/aromatic N) is 1. The van der Waals surface area contributed by atoms with Crippen molar-refractivity contribution < 1.29 is 5.11 Å². The number of benzene rings is 2. The molecule has 1 heterocycles. The van der Waals surface area contributed by atoms with Crippen molar-refractivity contribution in [2.75, 3.05) is 13.3 Å². The molecule has 0 unspecified atom stereocenters. The van der Waals surface area contributed by atoms with Crippen LogP contribution in [0.2, 0.25) is 0 Å². The summed E-state index contributed by atoms with van der Waals surface area (Å²) in [4.78, 5) is 18.5. The highest BCUT2D eigenvalue weighted by Gasteiger charge is 2.08. The molecule has 2 N–H and O–H groups in total. The van der Waals surface area contributed by atoms with E-state index in [0.29, 0.717) is 13.1 Å². The van der Waals surface area contributed by atoms with Crippen molar-refractivity contribution in [3.05, 3.63) is 70.0 Å². The number of aromatic nitrogens is 1. The molecule has 3 rings (SSSR count). The van der Waals surface area contributed by atoms with Crippen LogP contribution in [0.1, 0.15) is 11.1 Å². The summed E-state index contributed by atoms with van der Waals surface area (Å²) in [6.07, 6.45) is 2.02. The molecule has 0 aliphatic carbocycles. The van der Waals surface area contributed by atoms with Crippen molar-refractivity contribution >= 4 is 22.7 Å². The number of phenolic OH excluding ortho intramolecular Hbond substituents is 1. The zero-order valence-corrected chi connectivity index (χ0v) is 14.6. The van der Waals surface area contributed by atoms with Gasteiger partial charge in [0.1, 0.15) is 5.75 Å². The molecule has 0 spiro atoms. The summed E-state index contributed by atoms with van der Waals surface area (Å²) in [7, 11) is 1.96. The van der Waals surface area contributed by atoms with Gasteiger partial charge in [0.05, 0.1) is 0 Å². The Morgan fingerprint density at radius 3 is 2.71 bits per heavy atom. The normalized spacial score (nSPS) is 11.3. The maximum Gasteiger partial charge on any atom is 0.252 e. The first kappa shape index (κ1) is 16.6. The Balaban J connectivity index is 1.81. The van der Waals surface area contributed by atoms with Gasteiger partial charge in [-0.15, -0.1) is 11.8 Å². The van der Waals surface area contributed by atoms with Gasteiger partial charge in [0.25, 0.3) is 5.56 Å². The largest absolute Gasteiger partial charge is 0.508 e. The van der Waals surface area contributed by atoms with Gasteiger partial charge in [-0.05, 0) is 54.6 Å². The standard InChI is InChI=1S/C19H20N2O2S/c1-21(11-13-4-3-5-16(22)8-13)12-15-9-14-6-7-17(24-2)10-18(14)20-19(15)23/h3-10,22H,11-12H2,1-2H3,(H,20,23). The number of aromatic hydroxyl groups is 1. The summed E-state index contributed by atoms with van der Waals surface area (Å²) >= 11 is 1.66. The molecule has 5 heteroatoms. The fraction of sp³-hybridized carbons (Fsp3) is 0.211. The Morgan fingerprint density at radius 2 is 1.96 bits per heavy atom. The number of H-pyrrole nitrogens is 1. The lowest BCUT2D eigenvalue weighted by Crippen LogP contribution is -2.23. The van der Waals surface area contributed by atoms with Crippen molar-refractivity contribution in [3.63, 3.8) is 0 Å². The van der Waals surface area contributed by atoms with E-state index in [2.05, 4.69) is 16.0 Å². The van der Waals surface area contributed by atoms with Gasteiger partial charge in [0.2, 0.25) is 0 Å². The molecule has 0 radical (unpaired) electrons. The summed E-state index contributed by atoms with van der Waals surface area (Å²) in [6.45, 7) is 1.21. The fourth-order valence-corrected chi connectivity index (χ4v) is 3.22. The predicted molar refractivity (Wildman–Crippen MR) is 99.6 cm³/mol. The average Bonchev–Trinajstić information content (AvgIpc) is 2.55. The first-order valence-corrected chi connectivity index (χ1v) is 8.94. The summed E-state index contributed by atoms with van der Waals surface area (Å²) in [5.41, 5.74) is 2.57. The minimum atomic E-state index is -0.0523. The highest BCUT2D eigenvalue weighted by molar-refractivity contribution is 7.98. The maximum absolute atomic E-state index is 12.3. The SMILES string of the molecule is CSc1ccc2cc(CN(C)Cc3cccc(O)c3)c(=O)[nH]c2c1. The minimum absolute atomic E-state index is 0.0523. The number of thioether (sulfide) groups is 1. The number of phenols is 1. The molecule has 0 atom stereocenters. The summed E-state index contributed by atoms with van der Waals surface area (Å²) in [6, 6.07) is 15.2. The van der Waals surface area contributed by atoms with E-state index in [1.54, 1.807) is 23.9 Å². The molecular formula is C19H20N2O2S. The van der Waals surface area contributed by atoms with Crippen molar-refractivity contribution in [1.29, 1.82) is 0 Å². The Morgan fingerprint density at radius 1 is 1.12 bits per heavy atom. The number of fused-ring (bicyclic) bond motifs is 1. The van der Waals surface area contributed by atoms with E-state index in [1.165, 1.54) is 0 Å². The number of aromatic amines is 1. The molecule has 4 nitrogen and oxygen atoms in total. The van der Waals surface area contributed by atoms with Gasteiger partial charge in [-0.3, -0.25) is 9.69 Å². The molecular weight excluding hydrogens is 320 g/mol. The van der Waals surface area contributed by atoms with Crippen LogP contribution in [0.3, 0.4) is 0 Å². The molecule has 0 bridgehead atoms. The van der Waals surface area contributed by atoms with Crippen LogP contribution in [0.5, 0.6) is 5.75 Å². The summed E-state index contributed by atoms with van der Waals surface area (Å²) in [5, 5.41) is 10.6. The lowest BCUT2D eigenvalue weighted by atomic mass is 10.1. The lowest BCUT2D eigenvalue weighted by molar-refractivity contribution is 0.317. The minimum Gasteiger partial charge on any atom is -0.508 e. The average molecular weight is 340 g/mol. The molecule has 2 aromatic carbocycles. The highest BCUT2D eigenvalue weighted by Crippen LogP contribution is 2.20. The van der Waals surface area contributed by atoms with Gasteiger partial charge in [0.15, 0.2) is 0 Å². The van der Waals surface area contributed by atoms with Crippen LogP contribution in [0.4, 0.5) is 0 Å². The van der Waals surface area contributed by atoms with Gasteiger partial charge >= 0.3 is 0 Å². The number of nitrogens with one attached hydrogen (secondary N) is 1. The van der Waals surface area contributed by atoms with Gasteiger partial charge in [-0.2, -0.15) is 0 Å². The third-order valence-corrected chi connectivity index (χ3v) is 4.66. The first-order chi connectivity index (χ1) is 11.5. The molecule has 0 saturated carbocycles. The van der Waals surface area contributed by atoms with Crippen LogP contribution >= 0.6 is 11.8 Å². The number of rotatable bonds is 5. The van der Waals surface area contributed by atoms with E-state index >= 15 is 0 Å². The van der Waals surface area contributed by atoms with E-state index < -0.39 is 0 Å². The lowest BCUT2D eigenvalue weighted by Gasteiger charge is -2.17. The van der Waals surface area contributed by atoms with Crippen molar-refractivity contribution in [2.24, 2.45) is 0 Å². The van der Waals surface area contributed by atoms with Gasteiger partial charge < -0.3 is 10.1 Å². The van der Waals surface area contributed by atoms with Gasteiger partial charge in [-0.25, -0.2) is 0 Å². The second kappa shape index (κ2) is 7.11. The predicted octanol–water partition coefficient (Wildman–Crippen LogP) is 3.59. The van der Waals surface area contributed by atoms with E-state index in [1.807, 2.05) is 43.6 Å². The quantitative estimate of drug-likeness (QED) is 0.697. The Bertz CT molecular complexity index is 921. The van der Waals surface area contributed by atoms with Crippen LogP contribution in [0, 0.1) is 0 Å². The van der Waals surface area contributed by atoms with Crippen molar-refractivity contribution in [1.82, 2.24) is 9.88 Å². The van der Waals surface area contributed by atoms with Crippen molar-refractivity contribution in [3.8, 4) is 5.75 Å². The molecule has 0 aliphatic heterocycles. The molecule has 0 saturated heterocycles. The van der Waals surface area contributed by atoms with Crippen LogP contribution in [0.15, 0.2) is 58.2 Å². The molecule has 1 aromatic heterocycles. The monoisotopic (exact) mass is 340 g/mol. The van der Waals surface area contributed by atoms with E-state index in [9.17, 15) is 9.90 Å². The fourth-order valence-electron chi connectivity index (χ4n) is 2.78. The van der Waals surface area contributed by atoms with E-state index in [0.717, 1.165) is 26.9 Å². The second-order valence-electron chi connectivity index (χ2n) is 5.92. The maximum atomic E-state index is 12.3. The second-order valence-corrected chi connectivity index (χ2v) is 6.80. The van der Waals surface area contributed by atoms with E-state index in [-0.39, 0.29) is 11.3 Å². The Kier molecular flexibility index (Phi) is 4.92. The molecule has 124 valence electrons. The Labute approximate surface area is 145 Å². The summed E-state index contributed by atoms with van der Waals surface area (Å²) < 4.78 is 0. The topological polar surface area (TPSA) is 56.3 Å². The van der Waals surface area contributed by atoms with Crippen LogP contribution in [-0.2, 0) is 13.1 Å². The molecule has 0 fully saturated rings. The third-order valence-electron chi connectivity index (χ3n) is 3.93. The van der Waals surface area contributed by atoms with Crippen molar-refractivity contribution in [2.45, 2.75) is 18.0 Å². The smallest absolute Gasteiger partial charge is 0.252 e. The number of hydrogen-bond donors (Lipinski definition) is 2. The molecule has 24 heavy (non-hydrogen) atoms. The number of hydrogen-bond acceptors (Lipinski definition) is 4. The molecule has 3 aromatic rings. The zero-order chi connectivity index (χ0) is 17.1. The van der Waals surface area contributed by atoms with Crippen LogP contribution in [0.25, 0.3) is 10.9 Å². The van der Waals surface area contributed by atoms with E-state index in [4.69, 9.17) is 0 Å². The van der Waals surface area contributed by atoms with Gasteiger partial charge in [0, 0.05) is 29.1 Å². The Hall–Kier alpha value is -2.24. The number of pyridine rings is 1. The molecule has 0 aliphatic rings. The van der Waals surface area contributed by atoms with Crippen LogP contribution < -0.4 is 5.56 Å². The third kappa shape index (κ3) is 3.80. The summed E-state index contributed by atoms with van der Waals surface area (Å²) in [5.74, 6) is 0.258. The first-order valence-electron chi connectivity index (χ1n) is 7.71. The highest BCUT2D eigenvalue weighted by atomic mass is 32.2. The van der Waals surface area contributed by atoms with Crippen LogP contribution in [-0.4, -0.2) is 28.3 Å².